The third-order valence-electron chi connectivity index (χ3n) is 8.03. The van der Waals surface area contributed by atoms with Crippen LogP contribution in [0.1, 0.15) is 30.4 Å². The lowest BCUT2D eigenvalue weighted by atomic mass is 9.90. The predicted molar refractivity (Wildman–Crippen MR) is 176 cm³/mol. The second-order valence-electron chi connectivity index (χ2n) is 11.7. The molecule has 52 heavy (non-hydrogen) atoms. The summed E-state index contributed by atoms with van der Waals surface area (Å²) in [6.45, 7) is 0.166. The third kappa shape index (κ3) is 8.09. The van der Waals surface area contributed by atoms with Crippen molar-refractivity contribution in [3.8, 4) is 11.3 Å². The number of nitrogens with one attached hydrogen (secondary N) is 2. The van der Waals surface area contributed by atoms with Crippen molar-refractivity contribution in [1.29, 1.82) is 5.41 Å². The highest BCUT2D eigenvalue weighted by molar-refractivity contribution is 6.31. The molecule has 0 bridgehead atoms. The topological polar surface area (TPSA) is 153 Å². The molecule has 3 aromatic carbocycles. The number of aliphatic carboxylic acids is 1. The van der Waals surface area contributed by atoms with Crippen LogP contribution < -0.4 is 5.32 Å². The highest BCUT2D eigenvalue weighted by Gasteiger charge is 2.54. The van der Waals surface area contributed by atoms with Crippen molar-refractivity contribution < 1.29 is 50.8 Å². The quantitative estimate of drug-likeness (QED) is 0.0748. The van der Waals surface area contributed by atoms with E-state index in [-0.39, 0.29) is 34.6 Å². The Labute approximate surface area is 301 Å². The molecule has 2 aliphatic heterocycles. The Morgan fingerprint density at radius 3 is 2.48 bits per heavy atom. The van der Waals surface area contributed by atoms with E-state index in [0.29, 0.717) is 5.56 Å². The molecule has 3 heterocycles. The molecule has 1 unspecified atom stereocenters. The SMILES string of the molecule is CC(=N)/N=C(\Nc1cc(Cl)ccc1C(F)(F)F)[C@@H]1O[C@@H]2COC(c3ccccc3)O[C@@H]2[C@H](n2cc(-c3cc(F)c(Cl)c(F)c3)nn2)[C@H]1OCC(=O)O. The van der Waals surface area contributed by atoms with Crippen LogP contribution >= 0.6 is 23.2 Å². The number of anilines is 1. The molecule has 0 radical (unpaired) electrons. The van der Waals surface area contributed by atoms with Gasteiger partial charge in [0.25, 0.3) is 0 Å². The van der Waals surface area contributed by atoms with E-state index in [1.54, 1.807) is 30.3 Å². The minimum absolute atomic E-state index is 0.0335. The number of hydrogen-bond donors (Lipinski definition) is 3. The van der Waals surface area contributed by atoms with Crippen LogP contribution in [-0.4, -0.2) is 75.4 Å². The maximum absolute atomic E-state index is 14.4. The lowest BCUT2D eigenvalue weighted by molar-refractivity contribution is -0.312. The van der Waals surface area contributed by atoms with Gasteiger partial charge in [0.15, 0.2) is 6.29 Å². The normalized spacial score (nSPS) is 23.6. The van der Waals surface area contributed by atoms with Crippen LogP contribution in [0.25, 0.3) is 11.3 Å². The fraction of sp³-hybridized carbons (Fsp3) is 0.303. The highest BCUT2D eigenvalue weighted by atomic mass is 35.5. The van der Waals surface area contributed by atoms with E-state index >= 15 is 0 Å². The van der Waals surface area contributed by atoms with Crippen molar-refractivity contribution in [3.05, 3.63) is 99.7 Å². The minimum Gasteiger partial charge on any atom is -0.480 e. The number of carboxylic acids is 1. The van der Waals surface area contributed by atoms with Crippen LogP contribution in [0.4, 0.5) is 27.6 Å². The van der Waals surface area contributed by atoms with Crippen LogP contribution in [0, 0.1) is 17.0 Å². The van der Waals surface area contributed by atoms with Crippen LogP contribution in [-0.2, 0) is 29.9 Å². The van der Waals surface area contributed by atoms with E-state index in [1.807, 2.05) is 0 Å². The summed E-state index contributed by atoms with van der Waals surface area (Å²) in [5, 5.41) is 27.8. The van der Waals surface area contributed by atoms with E-state index in [1.165, 1.54) is 17.8 Å². The van der Waals surface area contributed by atoms with E-state index in [4.69, 9.17) is 47.6 Å². The molecule has 19 heteroatoms. The zero-order valence-corrected chi connectivity index (χ0v) is 28.2. The van der Waals surface area contributed by atoms with E-state index in [9.17, 15) is 31.9 Å². The summed E-state index contributed by atoms with van der Waals surface area (Å²) in [6.07, 6.45) is -9.65. The van der Waals surface area contributed by atoms with Gasteiger partial charge in [-0.1, -0.05) is 58.7 Å². The Bertz CT molecular complexity index is 1980. The fourth-order valence-corrected chi connectivity index (χ4v) is 6.14. The summed E-state index contributed by atoms with van der Waals surface area (Å²) in [6, 6.07) is 12.3. The van der Waals surface area contributed by atoms with Gasteiger partial charge in [-0.3, -0.25) is 5.41 Å². The first-order valence-corrected chi connectivity index (χ1v) is 16.1. The molecular weight excluding hydrogens is 742 g/mol. The number of carboxylic acid groups (broad SMARTS) is 1. The number of fused-ring (bicyclic) bond motifs is 1. The second-order valence-corrected chi connectivity index (χ2v) is 12.5. The van der Waals surface area contributed by atoms with Gasteiger partial charge in [0.05, 0.1) is 24.1 Å². The smallest absolute Gasteiger partial charge is 0.418 e. The van der Waals surface area contributed by atoms with Gasteiger partial charge in [-0.15, -0.1) is 5.10 Å². The lowest BCUT2D eigenvalue weighted by Gasteiger charge is -2.49. The number of benzene rings is 3. The molecule has 6 rings (SSSR count). The van der Waals surface area contributed by atoms with Crippen molar-refractivity contribution in [3.63, 3.8) is 0 Å². The molecule has 0 spiro atoms. The number of alkyl halides is 3. The molecule has 274 valence electrons. The van der Waals surface area contributed by atoms with Gasteiger partial charge in [-0.2, -0.15) is 13.2 Å². The summed E-state index contributed by atoms with van der Waals surface area (Å²) in [7, 11) is 0. The standard InChI is InChI=1S/C33H27Cl2F5N6O6/c1-15(41)42-31(43-22-11-18(34)7-8-19(22)33(38,39)40)30-29(49-14-25(47)48)27(28-24(51-30)13-50-32(52-28)16-5-3-2-4-6-16)46-12-23(44-45-46)17-9-20(36)26(35)21(37)10-17/h2-12,24,27-30,32H,13-14H2,1H3,(H,47,48)(H2,41,42,43)/t24-,27+,28+,29-,30-,32?/m1/s1. The summed E-state index contributed by atoms with van der Waals surface area (Å²) in [4.78, 5) is 16.0. The van der Waals surface area contributed by atoms with Crippen LogP contribution in [0.15, 0.2) is 71.9 Å². The number of amidine groups is 2. The van der Waals surface area contributed by atoms with Gasteiger partial charge in [0, 0.05) is 16.1 Å². The maximum atomic E-state index is 14.4. The average Bonchev–Trinajstić information content (AvgIpc) is 3.58. The zero-order valence-electron chi connectivity index (χ0n) is 26.7. The number of aromatic nitrogens is 3. The summed E-state index contributed by atoms with van der Waals surface area (Å²) < 4.78 is 97.1. The van der Waals surface area contributed by atoms with Crippen LogP contribution in [0.5, 0.6) is 0 Å². The van der Waals surface area contributed by atoms with Crippen molar-refractivity contribution in [2.75, 3.05) is 18.5 Å². The first kappa shape index (κ1) is 37.2. The number of hydrogen-bond acceptors (Lipinski definition) is 8. The Morgan fingerprint density at radius 1 is 1.12 bits per heavy atom. The molecule has 1 aromatic heterocycles. The van der Waals surface area contributed by atoms with Gasteiger partial charge < -0.3 is 29.4 Å². The lowest BCUT2D eigenvalue weighted by Crippen LogP contribution is -2.62. The average molecular weight is 770 g/mol. The first-order chi connectivity index (χ1) is 24.7. The molecule has 2 fully saturated rings. The number of carbonyl (C=O) groups is 1. The molecule has 3 N–H and O–H groups in total. The Hall–Kier alpha value is -4.52. The van der Waals surface area contributed by atoms with Gasteiger partial charge in [0.2, 0.25) is 0 Å². The summed E-state index contributed by atoms with van der Waals surface area (Å²) in [5.41, 5.74) is -1.14. The number of ether oxygens (including phenoxy) is 4. The van der Waals surface area contributed by atoms with Gasteiger partial charge in [-0.25, -0.2) is 23.2 Å². The maximum Gasteiger partial charge on any atom is 0.418 e. The number of aliphatic imine (C=N–C) groups is 1. The van der Waals surface area contributed by atoms with Crippen molar-refractivity contribution in [2.24, 2.45) is 4.99 Å². The monoisotopic (exact) mass is 768 g/mol. The molecule has 4 aromatic rings. The molecular formula is C33H27Cl2F5N6O6. The molecule has 0 aliphatic carbocycles. The highest BCUT2D eigenvalue weighted by Crippen LogP contribution is 2.42. The number of halogens is 7. The second kappa shape index (κ2) is 15.2. The van der Waals surface area contributed by atoms with Gasteiger partial charge in [0.1, 0.15) is 71.1 Å². The number of nitrogens with zero attached hydrogens (tertiary/aromatic N) is 4. The van der Waals surface area contributed by atoms with Crippen molar-refractivity contribution >= 4 is 46.5 Å². The predicted octanol–water partition coefficient (Wildman–Crippen LogP) is 6.95. The van der Waals surface area contributed by atoms with E-state index < -0.39 is 83.4 Å². The third-order valence-corrected chi connectivity index (χ3v) is 8.62. The Kier molecular flexibility index (Phi) is 10.9. The van der Waals surface area contributed by atoms with Gasteiger partial charge in [-0.05, 0) is 37.3 Å². The molecule has 0 amide bonds. The van der Waals surface area contributed by atoms with Crippen LogP contribution in [0.2, 0.25) is 10.0 Å². The Balaban J connectivity index is 1.48. The zero-order chi connectivity index (χ0) is 37.3. The van der Waals surface area contributed by atoms with Crippen molar-refractivity contribution in [1.82, 2.24) is 15.0 Å². The largest absolute Gasteiger partial charge is 0.480 e. The van der Waals surface area contributed by atoms with E-state index in [2.05, 4.69) is 20.6 Å². The minimum atomic E-state index is -4.85. The number of rotatable bonds is 8. The van der Waals surface area contributed by atoms with Crippen molar-refractivity contribution in [2.45, 2.75) is 49.8 Å². The Morgan fingerprint density at radius 2 is 1.83 bits per heavy atom. The summed E-state index contributed by atoms with van der Waals surface area (Å²) in [5.74, 6) is -4.29. The van der Waals surface area contributed by atoms with Crippen LogP contribution in [0.3, 0.4) is 0 Å². The molecule has 12 nitrogen and oxygen atoms in total. The fourth-order valence-electron chi connectivity index (χ4n) is 5.86. The molecule has 2 saturated heterocycles. The molecule has 0 saturated carbocycles. The first-order valence-electron chi connectivity index (χ1n) is 15.3. The molecule has 6 atom stereocenters. The van der Waals surface area contributed by atoms with E-state index in [0.717, 1.165) is 30.3 Å². The molecule has 2 aliphatic rings. The van der Waals surface area contributed by atoms with Gasteiger partial charge >= 0.3 is 12.1 Å². The summed E-state index contributed by atoms with van der Waals surface area (Å²) >= 11 is 11.7.